The van der Waals surface area contributed by atoms with Gasteiger partial charge in [0.25, 0.3) is 0 Å². The molecule has 0 radical (unpaired) electrons. The minimum absolute atomic E-state index is 0.495. The molecule has 14 heavy (non-hydrogen) atoms. The van der Waals surface area contributed by atoms with Crippen molar-refractivity contribution in [3.05, 3.63) is 23.8 Å². The summed E-state index contributed by atoms with van der Waals surface area (Å²) in [5.74, 6) is 1.07. The third kappa shape index (κ3) is 2.47. The highest BCUT2D eigenvalue weighted by atomic mass is 16.5. The van der Waals surface area contributed by atoms with E-state index in [1.807, 2.05) is 18.2 Å². The Morgan fingerprint density at radius 3 is 2.71 bits per heavy atom. The van der Waals surface area contributed by atoms with Gasteiger partial charge in [0.15, 0.2) is 0 Å². The van der Waals surface area contributed by atoms with Gasteiger partial charge in [-0.2, -0.15) is 4.98 Å². The molecular formula is C10H14N2O2. The third-order valence-corrected chi connectivity index (χ3v) is 1.70. The first-order chi connectivity index (χ1) is 6.81. The highest BCUT2D eigenvalue weighted by Gasteiger charge is 2.02. The molecule has 0 saturated heterocycles. The largest absolute Gasteiger partial charge is 0.481 e. The van der Waals surface area contributed by atoms with Crippen molar-refractivity contribution in [1.29, 1.82) is 0 Å². The van der Waals surface area contributed by atoms with Gasteiger partial charge in [0, 0.05) is 18.2 Å². The zero-order chi connectivity index (χ0) is 10.4. The summed E-state index contributed by atoms with van der Waals surface area (Å²) in [5, 5.41) is 0. The molecule has 0 spiro atoms. The normalized spacial score (nSPS) is 10.5. The average Bonchev–Trinajstić information content (AvgIpc) is 2.26. The van der Waals surface area contributed by atoms with E-state index >= 15 is 0 Å². The van der Waals surface area contributed by atoms with Crippen LogP contribution in [-0.2, 0) is 0 Å². The topological polar surface area (TPSA) is 57.4 Å². The van der Waals surface area contributed by atoms with Crippen molar-refractivity contribution >= 4 is 6.08 Å². The zero-order valence-electron chi connectivity index (χ0n) is 8.36. The lowest BCUT2D eigenvalue weighted by atomic mass is 10.2. The molecule has 76 valence electrons. The van der Waals surface area contributed by atoms with Gasteiger partial charge in [-0.15, -0.1) is 0 Å². The minimum Gasteiger partial charge on any atom is -0.481 e. The molecule has 0 aliphatic rings. The summed E-state index contributed by atoms with van der Waals surface area (Å²) in [7, 11) is 3.14. The summed E-state index contributed by atoms with van der Waals surface area (Å²) in [4.78, 5) is 4.13. The van der Waals surface area contributed by atoms with E-state index in [4.69, 9.17) is 15.2 Å². The van der Waals surface area contributed by atoms with E-state index < -0.39 is 0 Å². The van der Waals surface area contributed by atoms with Gasteiger partial charge in [-0.3, -0.25) is 0 Å². The second-order valence-electron chi connectivity index (χ2n) is 2.59. The van der Waals surface area contributed by atoms with E-state index in [9.17, 15) is 0 Å². The van der Waals surface area contributed by atoms with Crippen LogP contribution in [0.2, 0.25) is 0 Å². The Bertz CT molecular complexity index is 324. The second-order valence-corrected chi connectivity index (χ2v) is 2.59. The molecule has 0 aliphatic heterocycles. The Balaban J connectivity index is 2.99. The van der Waals surface area contributed by atoms with Crippen LogP contribution in [0.4, 0.5) is 0 Å². The number of nitrogens with two attached hydrogens (primary N) is 1. The highest BCUT2D eigenvalue weighted by molar-refractivity contribution is 5.55. The zero-order valence-corrected chi connectivity index (χ0v) is 8.36. The van der Waals surface area contributed by atoms with Crippen LogP contribution in [0.1, 0.15) is 5.56 Å². The molecule has 0 atom stereocenters. The van der Waals surface area contributed by atoms with Crippen molar-refractivity contribution in [2.24, 2.45) is 5.73 Å². The molecule has 0 fully saturated rings. The van der Waals surface area contributed by atoms with Crippen molar-refractivity contribution in [2.45, 2.75) is 0 Å². The van der Waals surface area contributed by atoms with Gasteiger partial charge in [-0.05, 0) is 6.07 Å². The predicted molar refractivity (Wildman–Crippen MR) is 55.4 cm³/mol. The number of aromatic nitrogens is 1. The molecule has 4 heteroatoms. The van der Waals surface area contributed by atoms with Gasteiger partial charge in [-0.25, -0.2) is 0 Å². The number of hydrogen-bond donors (Lipinski definition) is 1. The van der Waals surface area contributed by atoms with Crippen molar-refractivity contribution in [1.82, 2.24) is 4.98 Å². The minimum atomic E-state index is 0.495. The van der Waals surface area contributed by atoms with E-state index in [2.05, 4.69) is 4.98 Å². The molecule has 0 aromatic carbocycles. The van der Waals surface area contributed by atoms with Gasteiger partial charge >= 0.3 is 0 Å². The van der Waals surface area contributed by atoms with Gasteiger partial charge in [0.1, 0.15) is 0 Å². The van der Waals surface area contributed by atoms with Crippen LogP contribution in [0.15, 0.2) is 18.2 Å². The SMILES string of the molecule is COc1ccc(C=CCN)c(OC)n1. The van der Waals surface area contributed by atoms with Crippen LogP contribution in [0.25, 0.3) is 6.08 Å². The first-order valence-corrected chi connectivity index (χ1v) is 4.27. The van der Waals surface area contributed by atoms with Gasteiger partial charge < -0.3 is 15.2 Å². The average molecular weight is 194 g/mol. The Morgan fingerprint density at radius 2 is 2.14 bits per heavy atom. The molecule has 1 rings (SSSR count). The van der Waals surface area contributed by atoms with Crippen molar-refractivity contribution < 1.29 is 9.47 Å². The Hall–Kier alpha value is -1.55. The fourth-order valence-corrected chi connectivity index (χ4v) is 1.03. The maximum Gasteiger partial charge on any atom is 0.223 e. The van der Waals surface area contributed by atoms with Crippen LogP contribution >= 0.6 is 0 Å². The molecule has 0 aliphatic carbocycles. The Labute approximate surface area is 83.4 Å². The monoisotopic (exact) mass is 194 g/mol. The molecule has 0 bridgehead atoms. The molecule has 2 N–H and O–H groups in total. The van der Waals surface area contributed by atoms with Crippen LogP contribution in [0, 0.1) is 0 Å². The molecule has 1 heterocycles. The van der Waals surface area contributed by atoms with Gasteiger partial charge in [0.2, 0.25) is 11.8 Å². The third-order valence-electron chi connectivity index (χ3n) is 1.70. The van der Waals surface area contributed by atoms with Crippen molar-refractivity contribution in [3.63, 3.8) is 0 Å². The summed E-state index contributed by atoms with van der Waals surface area (Å²) in [6, 6.07) is 3.65. The second kappa shape index (κ2) is 5.24. The van der Waals surface area contributed by atoms with Crippen LogP contribution in [0.3, 0.4) is 0 Å². The van der Waals surface area contributed by atoms with E-state index in [-0.39, 0.29) is 0 Å². The molecule has 1 aromatic heterocycles. The smallest absolute Gasteiger partial charge is 0.223 e. The van der Waals surface area contributed by atoms with Crippen molar-refractivity contribution in [3.8, 4) is 11.8 Å². The van der Waals surface area contributed by atoms with Crippen LogP contribution in [-0.4, -0.2) is 25.7 Å². The Morgan fingerprint density at radius 1 is 1.36 bits per heavy atom. The lowest BCUT2D eigenvalue weighted by Gasteiger charge is -2.05. The molecule has 0 unspecified atom stereocenters. The summed E-state index contributed by atoms with van der Waals surface area (Å²) < 4.78 is 10.1. The first-order valence-electron chi connectivity index (χ1n) is 4.27. The number of methoxy groups -OCH3 is 2. The highest BCUT2D eigenvalue weighted by Crippen LogP contribution is 2.20. The predicted octanol–water partition coefficient (Wildman–Crippen LogP) is 1.07. The standard InChI is InChI=1S/C10H14N2O2/c1-13-9-6-5-8(4-3-7-11)10(12-9)14-2/h3-6H,7,11H2,1-2H3. The maximum absolute atomic E-state index is 5.35. The van der Waals surface area contributed by atoms with E-state index in [0.29, 0.717) is 18.3 Å². The summed E-state index contributed by atoms with van der Waals surface area (Å²) in [6.45, 7) is 0.495. The van der Waals surface area contributed by atoms with E-state index in [0.717, 1.165) is 5.56 Å². The number of nitrogens with zero attached hydrogens (tertiary/aromatic N) is 1. The number of pyridine rings is 1. The van der Waals surface area contributed by atoms with E-state index in [1.165, 1.54) is 0 Å². The van der Waals surface area contributed by atoms with E-state index in [1.54, 1.807) is 20.3 Å². The van der Waals surface area contributed by atoms with Gasteiger partial charge in [0.05, 0.1) is 14.2 Å². The van der Waals surface area contributed by atoms with Crippen molar-refractivity contribution in [2.75, 3.05) is 20.8 Å². The van der Waals surface area contributed by atoms with Gasteiger partial charge in [-0.1, -0.05) is 12.2 Å². The Kier molecular flexibility index (Phi) is 3.94. The maximum atomic E-state index is 5.35. The summed E-state index contributed by atoms with van der Waals surface area (Å²) in [6.07, 6.45) is 3.71. The lowest BCUT2D eigenvalue weighted by Crippen LogP contribution is -1.95. The fourth-order valence-electron chi connectivity index (χ4n) is 1.03. The first kappa shape index (κ1) is 10.5. The number of hydrogen-bond acceptors (Lipinski definition) is 4. The fraction of sp³-hybridized carbons (Fsp3) is 0.300. The lowest BCUT2D eigenvalue weighted by molar-refractivity contribution is 0.364. The quantitative estimate of drug-likeness (QED) is 0.779. The number of rotatable bonds is 4. The summed E-state index contributed by atoms with van der Waals surface area (Å²) in [5.41, 5.74) is 6.24. The van der Waals surface area contributed by atoms with Crippen LogP contribution < -0.4 is 15.2 Å². The molecular weight excluding hydrogens is 180 g/mol. The number of ether oxygens (including phenoxy) is 2. The van der Waals surface area contributed by atoms with Crippen LogP contribution in [0.5, 0.6) is 11.8 Å². The summed E-state index contributed by atoms with van der Waals surface area (Å²) >= 11 is 0. The molecule has 0 saturated carbocycles. The molecule has 4 nitrogen and oxygen atoms in total. The molecule has 0 amide bonds. The molecule has 1 aromatic rings.